The minimum absolute atomic E-state index is 0.544. The monoisotopic (exact) mass is 308 g/mol. The summed E-state index contributed by atoms with van der Waals surface area (Å²) >= 11 is 0.544. The van der Waals surface area contributed by atoms with Gasteiger partial charge in [0.1, 0.15) is 0 Å². The van der Waals surface area contributed by atoms with E-state index in [1.807, 2.05) is 0 Å². The molecule has 19 heavy (non-hydrogen) atoms. The zero-order valence-electron chi connectivity index (χ0n) is 8.93. The van der Waals surface area contributed by atoms with Crippen LogP contribution in [0.2, 0.25) is 0 Å². The molecule has 1 fully saturated rings. The van der Waals surface area contributed by atoms with Gasteiger partial charge in [0.15, 0.2) is 5.78 Å². The summed E-state index contributed by atoms with van der Waals surface area (Å²) < 4.78 is 73.0. The third kappa shape index (κ3) is 3.43. The maximum atomic E-state index is 12.2. The smallest absolute Gasteiger partial charge is 0.450 e. The van der Waals surface area contributed by atoms with Gasteiger partial charge in [-0.2, -0.15) is 38.1 Å². The van der Waals surface area contributed by atoms with Crippen molar-refractivity contribution in [1.29, 1.82) is 0 Å². The molecule has 3 nitrogen and oxygen atoms in total. The van der Waals surface area contributed by atoms with Crippen LogP contribution in [0.1, 0.15) is 0 Å². The van der Waals surface area contributed by atoms with E-state index in [0.717, 1.165) is 0 Å². The predicted molar refractivity (Wildman–Crippen MR) is 52.6 cm³/mol. The molecule has 10 heteroatoms. The number of hydrogen-bond acceptors (Lipinski definition) is 4. The lowest BCUT2D eigenvalue weighted by Gasteiger charge is -2.23. The highest BCUT2D eigenvalue weighted by Gasteiger charge is 2.49. The van der Waals surface area contributed by atoms with Gasteiger partial charge in [0, 0.05) is 11.5 Å². The van der Waals surface area contributed by atoms with Crippen LogP contribution in [0.25, 0.3) is 0 Å². The second kappa shape index (κ2) is 5.06. The van der Waals surface area contributed by atoms with Crippen LogP contribution in [0.3, 0.4) is 0 Å². The third-order valence-electron chi connectivity index (χ3n) is 2.30. The molecule has 0 bridgehead atoms. The largest absolute Gasteiger partial charge is 0.504 e. The molecule has 0 aromatic carbocycles. The zero-order chi connectivity index (χ0) is 15.0. The van der Waals surface area contributed by atoms with Gasteiger partial charge in [-0.25, -0.2) is 0 Å². The van der Waals surface area contributed by atoms with Crippen LogP contribution in [0.15, 0.2) is 11.3 Å². The van der Waals surface area contributed by atoms with E-state index in [4.69, 9.17) is 5.11 Å². The second-order valence-corrected chi connectivity index (χ2v) is 4.65. The highest BCUT2D eigenvalue weighted by molar-refractivity contribution is 7.99. The van der Waals surface area contributed by atoms with Crippen molar-refractivity contribution in [2.75, 3.05) is 11.5 Å². The quantitative estimate of drug-likeness (QED) is 0.350. The third-order valence-corrected chi connectivity index (χ3v) is 3.36. The number of aliphatic hydroxyl groups is 1. The fourth-order valence-corrected chi connectivity index (χ4v) is 2.52. The molecule has 1 heterocycles. The number of rotatable bonds is 1. The van der Waals surface area contributed by atoms with Crippen molar-refractivity contribution >= 4 is 23.3 Å². The Morgan fingerprint density at radius 1 is 1.16 bits per heavy atom. The molecular formula is C9H6F6O3S. The van der Waals surface area contributed by atoms with Gasteiger partial charge >= 0.3 is 12.4 Å². The van der Waals surface area contributed by atoms with Gasteiger partial charge in [0.2, 0.25) is 11.5 Å². The van der Waals surface area contributed by atoms with E-state index in [1.165, 1.54) is 0 Å². The molecule has 0 spiro atoms. The Hall–Kier alpha value is -1.19. The Morgan fingerprint density at radius 2 is 1.68 bits per heavy atom. The number of ketones is 2. The number of halogens is 6. The van der Waals surface area contributed by atoms with E-state index in [1.54, 1.807) is 0 Å². The summed E-state index contributed by atoms with van der Waals surface area (Å²) in [6, 6.07) is 0. The van der Waals surface area contributed by atoms with Crippen LogP contribution in [-0.4, -0.2) is 40.5 Å². The van der Waals surface area contributed by atoms with Gasteiger partial charge in [-0.3, -0.25) is 9.59 Å². The van der Waals surface area contributed by atoms with Crippen LogP contribution >= 0.6 is 11.8 Å². The summed E-state index contributed by atoms with van der Waals surface area (Å²) in [5, 5.41) is 8.81. The Morgan fingerprint density at radius 3 is 2.11 bits per heavy atom. The predicted octanol–water partition coefficient (Wildman–Crippen LogP) is 2.42. The molecule has 0 amide bonds. The standard InChI is InChI=1S/C9H6F6O3S/c10-8(11,12)6(17)3-1-19-2-4(5(3)16)7(18)9(13,14)15/h3,18H,1-2H2. The Labute approximate surface area is 106 Å². The fraction of sp³-hybridized carbons (Fsp3) is 0.556. The molecule has 0 radical (unpaired) electrons. The number of alkyl halides is 6. The SMILES string of the molecule is O=C1C(=C(O)C(F)(F)F)CSCC1C(=O)C(F)(F)F. The van der Waals surface area contributed by atoms with Crippen molar-refractivity contribution in [3.63, 3.8) is 0 Å². The van der Waals surface area contributed by atoms with Crippen molar-refractivity contribution in [2.45, 2.75) is 12.4 Å². The van der Waals surface area contributed by atoms with Crippen molar-refractivity contribution in [1.82, 2.24) is 0 Å². The number of carbonyl (C=O) groups is 2. The Bertz CT molecular complexity index is 436. The number of hydrogen-bond donors (Lipinski definition) is 1. The van der Waals surface area contributed by atoms with Crippen molar-refractivity contribution in [3.05, 3.63) is 11.3 Å². The highest BCUT2D eigenvalue weighted by Crippen LogP contribution is 2.35. The minimum Gasteiger partial charge on any atom is -0.504 e. The normalized spacial score (nSPS) is 24.3. The van der Waals surface area contributed by atoms with Crippen LogP contribution in [-0.2, 0) is 9.59 Å². The molecule has 1 N–H and O–H groups in total. The molecular weight excluding hydrogens is 302 g/mol. The van der Waals surface area contributed by atoms with Crippen LogP contribution in [0.5, 0.6) is 0 Å². The highest BCUT2D eigenvalue weighted by atomic mass is 32.2. The van der Waals surface area contributed by atoms with E-state index in [2.05, 4.69) is 0 Å². The van der Waals surface area contributed by atoms with Gasteiger partial charge in [-0.15, -0.1) is 0 Å². The number of thioether (sulfide) groups is 1. The number of carbonyl (C=O) groups excluding carboxylic acids is 2. The number of Topliss-reactive ketones (excluding diaryl/α,β-unsaturated/α-hetero) is 2. The minimum atomic E-state index is -5.31. The van der Waals surface area contributed by atoms with Crippen molar-refractivity contribution in [2.24, 2.45) is 5.92 Å². The maximum Gasteiger partial charge on any atom is 0.450 e. The summed E-state index contributed by atoms with van der Waals surface area (Å²) in [7, 11) is 0. The zero-order valence-corrected chi connectivity index (χ0v) is 9.75. The summed E-state index contributed by atoms with van der Waals surface area (Å²) in [4.78, 5) is 22.4. The van der Waals surface area contributed by atoms with Crippen molar-refractivity contribution < 1.29 is 41.0 Å². The Balaban J connectivity index is 3.11. The van der Waals surface area contributed by atoms with Crippen LogP contribution < -0.4 is 0 Å². The van der Waals surface area contributed by atoms with Crippen LogP contribution in [0, 0.1) is 5.92 Å². The molecule has 1 aliphatic heterocycles. The lowest BCUT2D eigenvalue weighted by atomic mass is 9.94. The average Bonchev–Trinajstić information content (AvgIpc) is 2.25. The maximum absolute atomic E-state index is 12.2. The van der Waals surface area contributed by atoms with Crippen molar-refractivity contribution in [3.8, 4) is 0 Å². The number of aliphatic hydroxyl groups excluding tert-OH is 1. The first-order valence-electron chi connectivity index (χ1n) is 4.68. The van der Waals surface area contributed by atoms with E-state index < -0.39 is 52.7 Å². The molecule has 1 unspecified atom stereocenters. The molecule has 108 valence electrons. The van der Waals surface area contributed by atoms with E-state index in [9.17, 15) is 35.9 Å². The van der Waals surface area contributed by atoms with Gasteiger partial charge < -0.3 is 5.11 Å². The molecule has 0 aromatic rings. The van der Waals surface area contributed by atoms with E-state index in [-0.39, 0.29) is 0 Å². The van der Waals surface area contributed by atoms with Gasteiger partial charge in [-0.05, 0) is 0 Å². The van der Waals surface area contributed by atoms with E-state index in [0.29, 0.717) is 11.8 Å². The summed E-state index contributed by atoms with van der Waals surface area (Å²) in [5.41, 5.74) is -1.20. The second-order valence-electron chi connectivity index (χ2n) is 3.62. The molecule has 1 rings (SSSR count). The molecule has 1 saturated heterocycles. The summed E-state index contributed by atoms with van der Waals surface area (Å²) in [5.74, 6) is -9.67. The molecule has 1 aliphatic rings. The lowest BCUT2D eigenvalue weighted by Crippen LogP contribution is -2.40. The lowest BCUT2D eigenvalue weighted by molar-refractivity contribution is -0.175. The average molecular weight is 308 g/mol. The molecule has 0 saturated carbocycles. The topological polar surface area (TPSA) is 54.4 Å². The summed E-state index contributed by atoms with van der Waals surface area (Å²) in [6.07, 6.45) is -10.5. The summed E-state index contributed by atoms with van der Waals surface area (Å²) in [6.45, 7) is 0. The first-order valence-corrected chi connectivity index (χ1v) is 5.84. The Kier molecular flexibility index (Phi) is 4.23. The van der Waals surface area contributed by atoms with Gasteiger partial charge in [0.05, 0.1) is 11.5 Å². The van der Waals surface area contributed by atoms with Gasteiger partial charge in [-0.1, -0.05) is 0 Å². The van der Waals surface area contributed by atoms with Crippen LogP contribution in [0.4, 0.5) is 26.3 Å². The first-order chi connectivity index (χ1) is 8.46. The number of allylic oxidation sites excluding steroid dienone is 1. The molecule has 0 aromatic heterocycles. The fourth-order valence-electron chi connectivity index (χ4n) is 1.38. The molecule has 1 atom stereocenters. The van der Waals surface area contributed by atoms with E-state index >= 15 is 0 Å². The first kappa shape index (κ1) is 15.9. The molecule has 0 aliphatic carbocycles. The van der Waals surface area contributed by atoms with Gasteiger partial charge in [0.25, 0.3) is 0 Å².